The summed E-state index contributed by atoms with van der Waals surface area (Å²) in [6.07, 6.45) is 0. The Balaban J connectivity index is 2.46. The van der Waals surface area contributed by atoms with E-state index in [1.807, 2.05) is 25.7 Å². The normalized spacial score (nSPS) is 26.1. The van der Waals surface area contributed by atoms with Crippen LogP contribution < -0.4 is 10.6 Å². The molecule has 0 saturated carbocycles. The molecular formula is C10H13ClN6S. The third-order valence-electron chi connectivity index (χ3n) is 2.77. The van der Waals surface area contributed by atoms with E-state index in [0.717, 1.165) is 0 Å². The predicted octanol–water partition coefficient (Wildman–Crippen LogP) is 1.68. The van der Waals surface area contributed by atoms with Crippen LogP contribution in [0.15, 0.2) is 0 Å². The zero-order chi connectivity index (χ0) is 13.5. The number of hydrogen-bond acceptors (Lipinski definition) is 7. The van der Waals surface area contributed by atoms with Gasteiger partial charge in [-0.3, -0.25) is 0 Å². The number of rotatable bonds is 1. The third kappa shape index (κ3) is 2.18. The van der Waals surface area contributed by atoms with Gasteiger partial charge in [-0.15, -0.1) is 11.8 Å². The van der Waals surface area contributed by atoms with Gasteiger partial charge in [0.25, 0.3) is 0 Å². The van der Waals surface area contributed by atoms with E-state index in [2.05, 4.69) is 21.0 Å². The molecule has 0 aliphatic carbocycles. The van der Waals surface area contributed by atoms with Crippen LogP contribution in [0.25, 0.3) is 0 Å². The zero-order valence-electron chi connectivity index (χ0n) is 10.3. The van der Waals surface area contributed by atoms with Crippen LogP contribution >= 0.6 is 23.4 Å². The van der Waals surface area contributed by atoms with Crippen molar-refractivity contribution < 1.29 is 0 Å². The molecule has 2 unspecified atom stereocenters. The molecule has 1 aromatic heterocycles. The highest BCUT2D eigenvalue weighted by molar-refractivity contribution is 8.01. The van der Waals surface area contributed by atoms with Crippen LogP contribution in [0.4, 0.5) is 11.9 Å². The minimum absolute atomic E-state index is 0.0381. The Bertz CT molecular complexity index is 493. The van der Waals surface area contributed by atoms with Crippen molar-refractivity contribution in [3.63, 3.8) is 0 Å². The minimum Gasteiger partial charge on any atom is -0.368 e. The molecule has 2 heterocycles. The summed E-state index contributed by atoms with van der Waals surface area (Å²) in [5.41, 5.74) is 5.56. The van der Waals surface area contributed by atoms with E-state index in [-0.39, 0.29) is 27.4 Å². The number of nitrogens with two attached hydrogens (primary N) is 1. The molecule has 8 heteroatoms. The van der Waals surface area contributed by atoms with Crippen molar-refractivity contribution in [2.75, 3.05) is 10.6 Å². The molecule has 2 N–H and O–H groups in total. The minimum atomic E-state index is -0.338. The van der Waals surface area contributed by atoms with Gasteiger partial charge in [0.15, 0.2) is 0 Å². The fourth-order valence-corrected chi connectivity index (χ4v) is 3.74. The molecule has 6 nitrogen and oxygen atoms in total. The first-order chi connectivity index (χ1) is 8.35. The second kappa shape index (κ2) is 4.44. The molecule has 0 spiro atoms. The molecule has 1 fully saturated rings. The van der Waals surface area contributed by atoms with Gasteiger partial charge in [-0.05, 0) is 32.4 Å². The first-order valence-corrected chi connectivity index (χ1v) is 6.64. The van der Waals surface area contributed by atoms with Gasteiger partial charge in [0, 0.05) is 4.75 Å². The van der Waals surface area contributed by atoms with Gasteiger partial charge >= 0.3 is 0 Å². The lowest BCUT2D eigenvalue weighted by atomic mass is 10.0. The van der Waals surface area contributed by atoms with Crippen molar-refractivity contribution in [1.82, 2.24) is 15.0 Å². The van der Waals surface area contributed by atoms with Crippen LogP contribution in [-0.4, -0.2) is 31.1 Å². The topological polar surface area (TPSA) is 91.7 Å². The van der Waals surface area contributed by atoms with E-state index in [9.17, 15) is 5.26 Å². The van der Waals surface area contributed by atoms with Gasteiger partial charge in [0.2, 0.25) is 17.2 Å². The van der Waals surface area contributed by atoms with E-state index in [0.29, 0.717) is 5.95 Å². The first kappa shape index (κ1) is 13.2. The maximum Gasteiger partial charge on any atom is 0.233 e. The van der Waals surface area contributed by atoms with Crippen molar-refractivity contribution in [3.8, 4) is 6.07 Å². The second-order valence-electron chi connectivity index (χ2n) is 4.52. The average Bonchev–Trinajstić information content (AvgIpc) is 2.45. The number of hydrogen-bond donors (Lipinski definition) is 1. The quantitative estimate of drug-likeness (QED) is 0.838. The summed E-state index contributed by atoms with van der Waals surface area (Å²) in [6, 6.07) is 1.96. The average molecular weight is 285 g/mol. The molecule has 1 aliphatic heterocycles. The van der Waals surface area contributed by atoms with E-state index < -0.39 is 0 Å². The lowest BCUT2D eigenvalue weighted by Crippen LogP contribution is -2.41. The summed E-state index contributed by atoms with van der Waals surface area (Å²) < 4.78 is -0.206. The number of anilines is 2. The van der Waals surface area contributed by atoms with Gasteiger partial charge in [-0.1, -0.05) is 0 Å². The Hall–Kier alpha value is -1.26. The number of nitriles is 1. The maximum absolute atomic E-state index is 9.35. The van der Waals surface area contributed by atoms with E-state index in [1.54, 1.807) is 11.8 Å². The maximum atomic E-state index is 9.35. The van der Waals surface area contributed by atoms with Crippen LogP contribution in [0.1, 0.15) is 20.8 Å². The van der Waals surface area contributed by atoms with Crippen molar-refractivity contribution >= 4 is 35.3 Å². The van der Waals surface area contributed by atoms with Gasteiger partial charge in [-0.2, -0.15) is 20.2 Å². The Morgan fingerprint density at radius 1 is 1.44 bits per heavy atom. The van der Waals surface area contributed by atoms with Crippen LogP contribution in [-0.2, 0) is 0 Å². The SMILES string of the molecule is CC1SC(C)(C)C(C#N)N1c1nc(N)nc(Cl)n1. The van der Waals surface area contributed by atoms with Gasteiger partial charge < -0.3 is 10.6 Å². The van der Waals surface area contributed by atoms with Gasteiger partial charge in [0.1, 0.15) is 6.04 Å². The first-order valence-electron chi connectivity index (χ1n) is 5.38. The van der Waals surface area contributed by atoms with Crippen molar-refractivity contribution in [3.05, 3.63) is 5.28 Å². The molecule has 2 atom stereocenters. The summed E-state index contributed by atoms with van der Waals surface area (Å²) in [7, 11) is 0. The Morgan fingerprint density at radius 3 is 2.67 bits per heavy atom. The van der Waals surface area contributed by atoms with Crippen LogP contribution in [0.3, 0.4) is 0 Å². The molecule has 0 aromatic carbocycles. The molecule has 1 saturated heterocycles. The zero-order valence-corrected chi connectivity index (χ0v) is 11.8. The molecule has 0 amide bonds. The summed E-state index contributed by atoms with van der Waals surface area (Å²) in [6.45, 7) is 6.04. The fraction of sp³-hybridized carbons (Fsp3) is 0.600. The van der Waals surface area contributed by atoms with Gasteiger partial charge in [-0.25, -0.2) is 0 Å². The summed E-state index contributed by atoms with van der Waals surface area (Å²) in [5.74, 6) is 0.410. The molecule has 0 bridgehead atoms. The molecule has 96 valence electrons. The largest absolute Gasteiger partial charge is 0.368 e. The molecule has 2 rings (SSSR count). The third-order valence-corrected chi connectivity index (χ3v) is 4.34. The van der Waals surface area contributed by atoms with E-state index >= 15 is 0 Å². The highest BCUT2D eigenvalue weighted by Crippen LogP contribution is 2.45. The second-order valence-corrected chi connectivity index (χ2v) is 6.83. The smallest absolute Gasteiger partial charge is 0.233 e. The van der Waals surface area contributed by atoms with Crippen LogP contribution in [0.5, 0.6) is 0 Å². The van der Waals surface area contributed by atoms with E-state index in [4.69, 9.17) is 17.3 Å². The summed E-state index contributed by atoms with van der Waals surface area (Å²) in [4.78, 5) is 13.7. The molecule has 1 aromatic rings. The standard InChI is InChI=1S/C10H13ClN6S/c1-5-17(6(4-12)10(2,3)18-5)9-15-7(11)14-8(13)16-9/h5-6H,1-3H3,(H2,13,14,15,16). The molecule has 0 radical (unpaired) electrons. The predicted molar refractivity (Wildman–Crippen MR) is 72.3 cm³/mol. The van der Waals surface area contributed by atoms with Crippen molar-refractivity contribution in [2.24, 2.45) is 0 Å². The van der Waals surface area contributed by atoms with Crippen molar-refractivity contribution in [1.29, 1.82) is 5.26 Å². The summed E-state index contributed by atoms with van der Waals surface area (Å²) in [5, 5.41) is 9.46. The molecule has 18 heavy (non-hydrogen) atoms. The van der Waals surface area contributed by atoms with Crippen LogP contribution in [0, 0.1) is 11.3 Å². The number of halogens is 1. The monoisotopic (exact) mass is 284 g/mol. The number of aromatic nitrogens is 3. The summed E-state index contributed by atoms with van der Waals surface area (Å²) >= 11 is 7.47. The highest BCUT2D eigenvalue weighted by Gasteiger charge is 2.47. The Labute approximate surface area is 115 Å². The number of nitrogen functional groups attached to an aromatic ring is 1. The lowest BCUT2D eigenvalue weighted by molar-refractivity contribution is 0.600. The number of nitrogens with zero attached hydrogens (tertiary/aromatic N) is 5. The number of thioether (sulfide) groups is 1. The van der Waals surface area contributed by atoms with Crippen LogP contribution in [0.2, 0.25) is 5.28 Å². The van der Waals surface area contributed by atoms with E-state index in [1.165, 1.54) is 0 Å². The Kier molecular flexibility index (Phi) is 3.25. The van der Waals surface area contributed by atoms with Crippen molar-refractivity contribution in [2.45, 2.75) is 36.9 Å². The Morgan fingerprint density at radius 2 is 2.11 bits per heavy atom. The highest BCUT2D eigenvalue weighted by atomic mass is 35.5. The van der Waals surface area contributed by atoms with Gasteiger partial charge in [0.05, 0.1) is 11.4 Å². The lowest BCUT2D eigenvalue weighted by Gasteiger charge is -2.26. The molecule has 1 aliphatic rings. The molecular weight excluding hydrogens is 272 g/mol. The fourth-order valence-electron chi connectivity index (χ4n) is 2.07.